The van der Waals surface area contributed by atoms with E-state index < -0.39 is 17.4 Å². The zero-order valence-electron chi connectivity index (χ0n) is 15.8. The minimum absolute atomic E-state index is 0.0291. The number of carbonyl (C=O) groups excluding carboxylic acids is 2. The first kappa shape index (κ1) is 19.4. The van der Waals surface area contributed by atoms with E-state index in [1.54, 1.807) is 18.2 Å². The Hall–Kier alpha value is -3.91. The number of esters is 1. The van der Waals surface area contributed by atoms with Crippen LogP contribution in [0.1, 0.15) is 20.7 Å². The molecule has 0 aliphatic carbocycles. The summed E-state index contributed by atoms with van der Waals surface area (Å²) in [5, 5.41) is 21.4. The number of phenols is 1. The van der Waals surface area contributed by atoms with Crippen molar-refractivity contribution in [1.29, 1.82) is 5.41 Å². The third-order valence-corrected chi connectivity index (χ3v) is 5.54. The van der Waals surface area contributed by atoms with Crippen molar-refractivity contribution in [2.75, 3.05) is 12.4 Å². The van der Waals surface area contributed by atoms with Crippen molar-refractivity contribution in [2.24, 2.45) is 0 Å². The normalized spacial score (nSPS) is 10.7. The van der Waals surface area contributed by atoms with Crippen molar-refractivity contribution in [3.63, 3.8) is 0 Å². The minimum Gasteiger partial charge on any atom is -0.504 e. The highest BCUT2D eigenvalue weighted by Crippen LogP contribution is 2.36. The summed E-state index contributed by atoms with van der Waals surface area (Å²) in [7, 11) is 1.27. The van der Waals surface area contributed by atoms with Gasteiger partial charge in [-0.15, -0.1) is 11.3 Å². The number of aromatic hydroxyl groups is 1. The highest BCUT2D eigenvalue weighted by atomic mass is 32.1. The van der Waals surface area contributed by atoms with E-state index in [2.05, 4.69) is 5.32 Å². The molecule has 0 spiro atoms. The fourth-order valence-corrected chi connectivity index (χ4v) is 4.02. The molecule has 0 aliphatic heterocycles. The number of anilines is 1. The van der Waals surface area contributed by atoms with Crippen molar-refractivity contribution < 1.29 is 23.8 Å². The van der Waals surface area contributed by atoms with Crippen LogP contribution in [-0.4, -0.2) is 24.1 Å². The maximum absolute atomic E-state index is 12.9. The van der Waals surface area contributed by atoms with E-state index in [9.17, 15) is 14.7 Å². The molecular formula is C22H16N2O5S. The molecular weight excluding hydrogens is 404 g/mol. The number of amides is 1. The Morgan fingerprint density at radius 2 is 1.83 bits per heavy atom. The van der Waals surface area contributed by atoms with Crippen LogP contribution < -0.4 is 10.9 Å². The quantitative estimate of drug-likeness (QED) is 0.424. The number of ether oxygens (including phenoxy) is 1. The van der Waals surface area contributed by atoms with Crippen LogP contribution in [0.15, 0.2) is 65.1 Å². The zero-order valence-corrected chi connectivity index (χ0v) is 16.6. The summed E-state index contributed by atoms with van der Waals surface area (Å²) in [6.45, 7) is 0. The lowest BCUT2D eigenvalue weighted by Gasteiger charge is -2.07. The number of nitrogens with one attached hydrogen (secondary N) is 2. The Balaban J connectivity index is 1.73. The van der Waals surface area contributed by atoms with Crippen LogP contribution in [0.4, 0.5) is 5.00 Å². The second kappa shape index (κ2) is 7.84. The van der Waals surface area contributed by atoms with Crippen molar-refractivity contribution >= 4 is 39.2 Å². The average molecular weight is 420 g/mol. The molecule has 0 fully saturated rings. The van der Waals surface area contributed by atoms with Crippen LogP contribution in [-0.2, 0) is 4.74 Å². The van der Waals surface area contributed by atoms with Crippen LogP contribution >= 0.6 is 11.3 Å². The van der Waals surface area contributed by atoms with Gasteiger partial charge in [0.25, 0.3) is 5.91 Å². The Morgan fingerprint density at radius 3 is 2.57 bits per heavy atom. The van der Waals surface area contributed by atoms with E-state index >= 15 is 0 Å². The van der Waals surface area contributed by atoms with Crippen molar-refractivity contribution in [3.05, 3.63) is 77.3 Å². The largest absolute Gasteiger partial charge is 0.504 e. The predicted molar refractivity (Wildman–Crippen MR) is 113 cm³/mol. The smallest absolute Gasteiger partial charge is 0.340 e. The van der Waals surface area contributed by atoms with Gasteiger partial charge in [0.1, 0.15) is 10.6 Å². The third kappa shape index (κ3) is 3.56. The Morgan fingerprint density at radius 1 is 1.07 bits per heavy atom. The lowest BCUT2D eigenvalue weighted by atomic mass is 10.1. The van der Waals surface area contributed by atoms with Gasteiger partial charge in [-0.25, -0.2) is 4.79 Å². The first-order valence-corrected chi connectivity index (χ1v) is 9.69. The van der Waals surface area contributed by atoms with Crippen molar-refractivity contribution in [1.82, 2.24) is 0 Å². The molecule has 30 heavy (non-hydrogen) atoms. The number of para-hydroxylation sites is 1. The third-order valence-electron chi connectivity index (χ3n) is 4.44. The minimum atomic E-state index is -0.611. The van der Waals surface area contributed by atoms with Gasteiger partial charge in [0.2, 0.25) is 5.55 Å². The van der Waals surface area contributed by atoms with Crippen LogP contribution in [0.25, 0.3) is 21.4 Å². The summed E-state index contributed by atoms with van der Waals surface area (Å²) >= 11 is 1.23. The Kier molecular flexibility index (Phi) is 5.07. The topological polar surface area (TPSA) is 113 Å². The van der Waals surface area contributed by atoms with Gasteiger partial charge >= 0.3 is 5.97 Å². The number of benzene rings is 2. The fourth-order valence-electron chi connectivity index (χ4n) is 2.97. The predicted octanol–water partition coefficient (Wildman–Crippen LogP) is 4.39. The van der Waals surface area contributed by atoms with Crippen molar-refractivity contribution in [3.8, 4) is 16.2 Å². The van der Waals surface area contributed by atoms with Crippen LogP contribution in [0.2, 0.25) is 0 Å². The highest BCUT2D eigenvalue weighted by molar-refractivity contribution is 7.20. The maximum Gasteiger partial charge on any atom is 0.340 e. The molecule has 2 aromatic heterocycles. The van der Waals surface area contributed by atoms with Crippen molar-refractivity contribution in [2.45, 2.75) is 0 Å². The molecule has 0 bridgehead atoms. The molecule has 0 aliphatic rings. The summed E-state index contributed by atoms with van der Waals surface area (Å²) in [5.41, 5.74) is 0.804. The van der Waals surface area contributed by atoms with Gasteiger partial charge in [-0.3, -0.25) is 10.2 Å². The highest BCUT2D eigenvalue weighted by Gasteiger charge is 2.21. The van der Waals surface area contributed by atoms with E-state index in [4.69, 9.17) is 14.6 Å². The van der Waals surface area contributed by atoms with Crippen LogP contribution in [0, 0.1) is 5.41 Å². The number of phenolic OH excluding ortho intramolecular Hbond substituents is 1. The van der Waals surface area contributed by atoms with E-state index in [1.807, 2.05) is 30.3 Å². The SMILES string of the molecule is COC(=O)c1cc(-c2ccccc2)sc1NC(=O)c1cc2cccc(O)c2oc1=N. The number of methoxy groups -OCH3 is 1. The van der Waals surface area contributed by atoms with Crippen LogP contribution in [0.3, 0.4) is 0 Å². The summed E-state index contributed by atoms with van der Waals surface area (Å²) in [4.78, 5) is 25.9. The van der Waals surface area contributed by atoms with Crippen LogP contribution in [0.5, 0.6) is 5.75 Å². The lowest BCUT2D eigenvalue weighted by Crippen LogP contribution is -2.21. The first-order chi connectivity index (χ1) is 14.5. The van der Waals surface area contributed by atoms with Gasteiger partial charge in [-0.2, -0.15) is 0 Å². The Bertz CT molecular complexity index is 1320. The number of hydrogen-bond acceptors (Lipinski definition) is 7. The van der Waals surface area contributed by atoms with E-state index in [0.717, 1.165) is 10.4 Å². The second-order valence-corrected chi connectivity index (χ2v) is 7.40. The molecule has 8 heteroatoms. The van der Waals surface area contributed by atoms with E-state index in [1.165, 1.54) is 30.6 Å². The molecule has 2 aromatic carbocycles. The fraction of sp³-hybridized carbons (Fsp3) is 0.0455. The number of fused-ring (bicyclic) bond motifs is 1. The van der Waals surface area contributed by atoms with Gasteiger partial charge in [-0.05, 0) is 23.8 Å². The average Bonchev–Trinajstić information content (AvgIpc) is 3.18. The molecule has 0 radical (unpaired) electrons. The molecule has 0 unspecified atom stereocenters. The monoisotopic (exact) mass is 420 g/mol. The second-order valence-electron chi connectivity index (χ2n) is 6.35. The number of thiophene rings is 1. The molecule has 3 N–H and O–H groups in total. The number of carbonyl (C=O) groups is 2. The molecule has 7 nitrogen and oxygen atoms in total. The first-order valence-electron chi connectivity index (χ1n) is 8.87. The lowest BCUT2D eigenvalue weighted by molar-refractivity contribution is 0.0602. The summed E-state index contributed by atoms with van der Waals surface area (Å²) in [6, 6.07) is 17.3. The standard InChI is InChI=1S/C22H16N2O5S/c1-28-22(27)15-11-17(12-6-3-2-4-7-12)30-21(15)24-20(26)14-10-13-8-5-9-16(25)18(13)29-19(14)23/h2-11,23,25H,1H3,(H,24,26). The maximum atomic E-state index is 12.9. The van der Waals surface area contributed by atoms with Gasteiger partial charge < -0.3 is 19.6 Å². The molecule has 2 heterocycles. The number of rotatable bonds is 4. The Labute approximate surface area is 174 Å². The summed E-state index contributed by atoms with van der Waals surface area (Å²) in [5.74, 6) is -1.31. The zero-order chi connectivity index (χ0) is 21.3. The van der Waals surface area contributed by atoms with Gasteiger partial charge in [0, 0.05) is 10.3 Å². The van der Waals surface area contributed by atoms with Gasteiger partial charge in [0.05, 0.1) is 12.7 Å². The molecule has 4 aromatic rings. The molecule has 0 saturated carbocycles. The molecule has 1 amide bonds. The summed E-state index contributed by atoms with van der Waals surface area (Å²) < 4.78 is 10.2. The molecule has 150 valence electrons. The number of hydrogen-bond donors (Lipinski definition) is 3. The van der Waals surface area contributed by atoms with E-state index in [0.29, 0.717) is 10.4 Å². The van der Waals surface area contributed by atoms with Gasteiger partial charge in [0.15, 0.2) is 11.3 Å². The molecule has 0 atom stereocenters. The molecule has 0 saturated heterocycles. The van der Waals surface area contributed by atoms with E-state index in [-0.39, 0.29) is 22.5 Å². The summed E-state index contributed by atoms with van der Waals surface area (Å²) in [6.07, 6.45) is 0. The molecule has 4 rings (SSSR count). The van der Waals surface area contributed by atoms with Gasteiger partial charge in [-0.1, -0.05) is 42.5 Å².